The molecule has 0 radical (unpaired) electrons. The highest BCUT2D eigenvalue weighted by Crippen LogP contribution is 2.32. The fourth-order valence-corrected chi connectivity index (χ4v) is 4.28. The summed E-state index contributed by atoms with van der Waals surface area (Å²) in [4.78, 5) is 31.0. The molecule has 1 fully saturated rings. The Morgan fingerprint density at radius 2 is 2.06 bits per heavy atom. The van der Waals surface area contributed by atoms with Gasteiger partial charge in [0.25, 0.3) is 5.91 Å². The number of H-pyrrole nitrogens is 1. The van der Waals surface area contributed by atoms with Crippen LogP contribution in [0.3, 0.4) is 0 Å². The van der Waals surface area contributed by atoms with Crippen LogP contribution in [-0.2, 0) is 22.6 Å². The van der Waals surface area contributed by atoms with Gasteiger partial charge in [0.2, 0.25) is 5.91 Å². The Bertz CT molecular complexity index is 1220. The Labute approximate surface area is 178 Å². The predicted molar refractivity (Wildman–Crippen MR) is 115 cm³/mol. The van der Waals surface area contributed by atoms with E-state index in [-0.39, 0.29) is 24.1 Å². The minimum absolute atomic E-state index is 0.0376. The van der Waals surface area contributed by atoms with Gasteiger partial charge >= 0.3 is 0 Å². The molecule has 8 heteroatoms. The number of piperazine rings is 1. The highest BCUT2D eigenvalue weighted by molar-refractivity contribution is 5.97. The van der Waals surface area contributed by atoms with Gasteiger partial charge in [-0.2, -0.15) is 5.10 Å². The van der Waals surface area contributed by atoms with Gasteiger partial charge in [-0.25, -0.2) is 5.01 Å². The maximum atomic E-state index is 13.2. The third-order valence-corrected chi connectivity index (χ3v) is 5.78. The van der Waals surface area contributed by atoms with Crippen LogP contribution in [-0.4, -0.2) is 57.2 Å². The molecule has 8 nitrogen and oxygen atoms in total. The van der Waals surface area contributed by atoms with E-state index in [1.165, 1.54) is 17.3 Å². The van der Waals surface area contributed by atoms with Gasteiger partial charge in [0.1, 0.15) is 12.6 Å². The summed E-state index contributed by atoms with van der Waals surface area (Å²) < 4.78 is 5.38. The molecule has 2 aliphatic rings. The number of hydrazone groups is 1. The first-order valence-corrected chi connectivity index (χ1v) is 10.2. The number of rotatable bonds is 4. The molecule has 0 bridgehead atoms. The molecule has 1 atom stereocenters. The molecule has 1 saturated heterocycles. The Morgan fingerprint density at radius 3 is 2.90 bits per heavy atom. The van der Waals surface area contributed by atoms with Crippen LogP contribution in [0.2, 0.25) is 0 Å². The molecule has 0 aliphatic carbocycles. The number of benzene rings is 2. The van der Waals surface area contributed by atoms with Crippen molar-refractivity contribution in [1.82, 2.24) is 14.9 Å². The normalized spacial score (nSPS) is 18.5. The van der Waals surface area contributed by atoms with Crippen LogP contribution < -0.4 is 4.74 Å². The molecular weight excluding hydrogens is 396 g/mol. The average molecular weight is 418 g/mol. The molecule has 5 rings (SSSR count). The van der Waals surface area contributed by atoms with Crippen molar-refractivity contribution < 1.29 is 19.4 Å². The van der Waals surface area contributed by atoms with Gasteiger partial charge in [-0.3, -0.25) is 9.59 Å². The number of phenols is 1. The zero-order valence-electron chi connectivity index (χ0n) is 17.0. The van der Waals surface area contributed by atoms with Crippen LogP contribution in [0.4, 0.5) is 0 Å². The summed E-state index contributed by atoms with van der Waals surface area (Å²) in [7, 11) is 0. The standard InChI is InChI=1S/C23H22N4O4/c1-2-31-21-9-14(7-8-20(21)28)11-24-27-13-22(29)26-12-18-16(10-19(26)23(27)30)15-5-3-4-6-17(15)25-18/h3-9,11,19,25,28H,2,10,12-13H2,1H3/t19-/m0/s1. The summed E-state index contributed by atoms with van der Waals surface area (Å²) >= 11 is 0. The van der Waals surface area contributed by atoms with E-state index in [0.717, 1.165) is 22.2 Å². The van der Waals surface area contributed by atoms with Crippen molar-refractivity contribution in [2.24, 2.45) is 5.10 Å². The molecule has 0 unspecified atom stereocenters. The molecule has 2 aliphatic heterocycles. The molecule has 158 valence electrons. The fourth-order valence-electron chi connectivity index (χ4n) is 4.28. The van der Waals surface area contributed by atoms with Crippen LogP contribution in [0.15, 0.2) is 47.6 Å². The Hall–Kier alpha value is -3.81. The number of aromatic amines is 1. The number of para-hydroxylation sites is 1. The van der Waals surface area contributed by atoms with Crippen molar-refractivity contribution in [2.75, 3.05) is 13.2 Å². The minimum Gasteiger partial charge on any atom is -0.504 e. The van der Waals surface area contributed by atoms with Gasteiger partial charge < -0.3 is 19.7 Å². The van der Waals surface area contributed by atoms with Crippen molar-refractivity contribution >= 4 is 28.9 Å². The van der Waals surface area contributed by atoms with Gasteiger partial charge in [0, 0.05) is 23.0 Å². The first-order chi connectivity index (χ1) is 15.0. The molecule has 2 amide bonds. The first kappa shape index (κ1) is 19.2. The second-order valence-electron chi connectivity index (χ2n) is 7.67. The zero-order valence-corrected chi connectivity index (χ0v) is 17.0. The number of carbonyl (C=O) groups excluding carboxylic acids is 2. The second kappa shape index (κ2) is 7.46. The highest BCUT2D eigenvalue weighted by atomic mass is 16.5. The van der Waals surface area contributed by atoms with Crippen LogP contribution in [0.1, 0.15) is 23.7 Å². The largest absolute Gasteiger partial charge is 0.504 e. The lowest BCUT2D eigenvalue weighted by Gasteiger charge is -2.40. The molecule has 2 aromatic carbocycles. The van der Waals surface area contributed by atoms with Crippen molar-refractivity contribution in [3.63, 3.8) is 0 Å². The molecule has 1 aromatic heterocycles. The van der Waals surface area contributed by atoms with Crippen LogP contribution in [0.5, 0.6) is 11.5 Å². The summed E-state index contributed by atoms with van der Waals surface area (Å²) in [6, 6.07) is 12.2. The van der Waals surface area contributed by atoms with E-state index in [9.17, 15) is 14.7 Å². The molecule has 31 heavy (non-hydrogen) atoms. The number of nitrogens with one attached hydrogen (secondary N) is 1. The molecule has 3 heterocycles. The summed E-state index contributed by atoms with van der Waals surface area (Å²) in [6.07, 6.45) is 1.96. The summed E-state index contributed by atoms with van der Waals surface area (Å²) in [5, 5.41) is 16.4. The van der Waals surface area contributed by atoms with Gasteiger partial charge in [0.05, 0.1) is 19.4 Å². The number of hydrogen-bond acceptors (Lipinski definition) is 5. The van der Waals surface area contributed by atoms with Gasteiger partial charge in [-0.1, -0.05) is 18.2 Å². The van der Waals surface area contributed by atoms with Gasteiger partial charge in [-0.05, 0) is 42.3 Å². The topological polar surface area (TPSA) is 98.2 Å². The average Bonchev–Trinajstić information content (AvgIpc) is 3.14. The minimum atomic E-state index is -0.566. The zero-order chi connectivity index (χ0) is 21.5. The predicted octanol–water partition coefficient (Wildman–Crippen LogP) is 2.40. The van der Waals surface area contributed by atoms with Crippen molar-refractivity contribution in [1.29, 1.82) is 0 Å². The van der Waals surface area contributed by atoms with E-state index in [2.05, 4.69) is 10.1 Å². The van der Waals surface area contributed by atoms with Crippen LogP contribution in [0, 0.1) is 0 Å². The molecular formula is C23H22N4O4. The van der Waals surface area contributed by atoms with Crippen LogP contribution in [0.25, 0.3) is 10.9 Å². The smallest absolute Gasteiger partial charge is 0.266 e. The third kappa shape index (κ3) is 3.30. The lowest BCUT2D eigenvalue weighted by atomic mass is 9.94. The molecule has 2 N–H and O–H groups in total. The number of hydrogen-bond donors (Lipinski definition) is 2. The third-order valence-electron chi connectivity index (χ3n) is 5.78. The van der Waals surface area contributed by atoms with E-state index in [1.807, 2.05) is 31.2 Å². The van der Waals surface area contributed by atoms with Gasteiger partial charge in [-0.15, -0.1) is 0 Å². The van der Waals surface area contributed by atoms with E-state index in [4.69, 9.17) is 4.74 Å². The number of phenolic OH excluding ortho intramolecular Hbond substituents is 1. The van der Waals surface area contributed by atoms with Crippen LogP contribution >= 0.6 is 0 Å². The number of nitrogens with zero attached hydrogens (tertiary/aromatic N) is 3. The molecule has 0 saturated carbocycles. The number of aromatic nitrogens is 1. The highest BCUT2D eigenvalue weighted by Gasteiger charge is 2.43. The summed E-state index contributed by atoms with van der Waals surface area (Å²) in [5.74, 6) is 0.0517. The monoisotopic (exact) mass is 418 g/mol. The number of ether oxygens (including phenoxy) is 1. The van der Waals surface area contributed by atoms with E-state index >= 15 is 0 Å². The fraction of sp³-hybridized carbons (Fsp3) is 0.261. The van der Waals surface area contributed by atoms with E-state index in [1.54, 1.807) is 17.0 Å². The van der Waals surface area contributed by atoms with Crippen molar-refractivity contribution in [2.45, 2.75) is 25.9 Å². The summed E-state index contributed by atoms with van der Waals surface area (Å²) in [6.45, 7) is 2.54. The number of carbonyl (C=O) groups is 2. The Balaban J connectivity index is 1.40. The second-order valence-corrected chi connectivity index (χ2v) is 7.67. The Kier molecular flexibility index (Phi) is 4.62. The number of fused-ring (bicyclic) bond motifs is 4. The number of amides is 2. The maximum Gasteiger partial charge on any atom is 0.266 e. The lowest BCUT2D eigenvalue weighted by Crippen LogP contribution is -2.60. The maximum absolute atomic E-state index is 13.2. The van der Waals surface area contributed by atoms with Crippen molar-refractivity contribution in [3.05, 3.63) is 59.3 Å². The molecule has 0 spiro atoms. The molecule has 3 aromatic rings. The van der Waals surface area contributed by atoms with Gasteiger partial charge in [0.15, 0.2) is 11.5 Å². The summed E-state index contributed by atoms with van der Waals surface area (Å²) in [5.41, 5.74) is 3.75. The van der Waals surface area contributed by atoms with Crippen molar-refractivity contribution in [3.8, 4) is 11.5 Å². The van der Waals surface area contributed by atoms with E-state index < -0.39 is 6.04 Å². The Morgan fingerprint density at radius 1 is 1.23 bits per heavy atom. The first-order valence-electron chi connectivity index (χ1n) is 10.2. The number of aromatic hydroxyl groups is 1. The van der Waals surface area contributed by atoms with E-state index in [0.29, 0.717) is 30.9 Å². The quantitative estimate of drug-likeness (QED) is 0.636. The lowest BCUT2D eigenvalue weighted by molar-refractivity contribution is -0.157. The SMILES string of the molecule is CCOc1cc(C=NN2CC(=O)N3Cc4[nH]c5ccccc5c4C[C@H]3C2=O)ccc1O.